The summed E-state index contributed by atoms with van der Waals surface area (Å²) in [5.74, 6) is 0.749. The standard InChI is InChI=1S/C17H14ClNO2/c1-19-15-10-14(21-2)8-5-12(15)9-16(19)17(20)11-3-6-13(18)7-4-11/h3-10H,1-2H3. The summed E-state index contributed by atoms with van der Waals surface area (Å²) < 4.78 is 7.12. The van der Waals surface area contributed by atoms with Gasteiger partial charge in [0.15, 0.2) is 0 Å². The molecule has 0 atom stereocenters. The van der Waals surface area contributed by atoms with E-state index in [-0.39, 0.29) is 5.78 Å². The van der Waals surface area contributed by atoms with E-state index in [2.05, 4.69) is 0 Å². The zero-order chi connectivity index (χ0) is 15.0. The highest BCUT2D eigenvalue weighted by Crippen LogP contribution is 2.25. The Labute approximate surface area is 127 Å². The van der Waals surface area contributed by atoms with E-state index in [9.17, 15) is 4.79 Å². The van der Waals surface area contributed by atoms with Crippen LogP contribution in [0, 0.1) is 0 Å². The third kappa shape index (κ3) is 2.41. The number of aromatic nitrogens is 1. The van der Waals surface area contributed by atoms with Crippen LogP contribution in [-0.4, -0.2) is 17.5 Å². The first-order valence-electron chi connectivity index (χ1n) is 6.54. The molecule has 0 aliphatic rings. The molecular formula is C17H14ClNO2. The summed E-state index contributed by atoms with van der Waals surface area (Å²) >= 11 is 5.86. The minimum absolute atomic E-state index is 0.0238. The minimum atomic E-state index is -0.0238. The second-order valence-corrected chi connectivity index (χ2v) is 5.29. The van der Waals surface area contributed by atoms with Gasteiger partial charge in [-0.3, -0.25) is 4.79 Å². The van der Waals surface area contributed by atoms with Crippen LogP contribution in [0.15, 0.2) is 48.5 Å². The van der Waals surface area contributed by atoms with Crippen LogP contribution in [0.1, 0.15) is 16.1 Å². The summed E-state index contributed by atoms with van der Waals surface area (Å²) in [6, 6.07) is 14.6. The van der Waals surface area contributed by atoms with Crippen molar-refractivity contribution in [1.82, 2.24) is 4.57 Å². The van der Waals surface area contributed by atoms with Crippen molar-refractivity contribution in [3.05, 3.63) is 64.8 Å². The Hall–Kier alpha value is -2.26. The van der Waals surface area contributed by atoms with Gasteiger partial charge in [0.25, 0.3) is 0 Å². The fourth-order valence-corrected chi connectivity index (χ4v) is 2.53. The van der Waals surface area contributed by atoms with E-state index in [0.717, 1.165) is 16.7 Å². The van der Waals surface area contributed by atoms with Crippen molar-refractivity contribution in [3.63, 3.8) is 0 Å². The third-order valence-corrected chi connectivity index (χ3v) is 3.84. The molecule has 0 fully saturated rings. The molecule has 0 bridgehead atoms. The number of benzene rings is 2. The molecule has 3 aromatic rings. The van der Waals surface area contributed by atoms with E-state index in [1.165, 1.54) is 0 Å². The summed E-state index contributed by atoms with van der Waals surface area (Å²) in [6.45, 7) is 0. The SMILES string of the molecule is COc1ccc2cc(C(=O)c3ccc(Cl)cc3)n(C)c2c1. The molecular weight excluding hydrogens is 286 g/mol. The van der Waals surface area contributed by atoms with E-state index in [1.807, 2.05) is 35.9 Å². The molecule has 1 aromatic heterocycles. The van der Waals surface area contributed by atoms with Gasteiger partial charge in [-0.05, 0) is 42.5 Å². The Morgan fingerprint density at radius 2 is 1.81 bits per heavy atom. The smallest absolute Gasteiger partial charge is 0.209 e. The van der Waals surface area contributed by atoms with Crippen LogP contribution < -0.4 is 4.74 Å². The summed E-state index contributed by atoms with van der Waals surface area (Å²) in [5.41, 5.74) is 2.23. The Bertz CT molecular complexity index is 819. The molecule has 0 amide bonds. The predicted octanol–water partition coefficient (Wildman–Crippen LogP) is 4.07. The zero-order valence-corrected chi connectivity index (χ0v) is 12.5. The summed E-state index contributed by atoms with van der Waals surface area (Å²) in [7, 11) is 3.51. The van der Waals surface area contributed by atoms with E-state index in [4.69, 9.17) is 16.3 Å². The number of methoxy groups -OCH3 is 1. The van der Waals surface area contributed by atoms with Gasteiger partial charge in [-0.1, -0.05) is 11.6 Å². The predicted molar refractivity (Wildman–Crippen MR) is 84.4 cm³/mol. The average Bonchev–Trinajstić information content (AvgIpc) is 2.84. The van der Waals surface area contributed by atoms with Gasteiger partial charge in [-0.25, -0.2) is 0 Å². The normalized spacial score (nSPS) is 10.8. The molecule has 0 N–H and O–H groups in total. The third-order valence-electron chi connectivity index (χ3n) is 3.59. The van der Waals surface area contributed by atoms with Crippen LogP contribution in [0.3, 0.4) is 0 Å². The van der Waals surface area contributed by atoms with Crippen LogP contribution in [0.5, 0.6) is 5.75 Å². The van der Waals surface area contributed by atoms with Crippen molar-refractivity contribution in [2.24, 2.45) is 7.05 Å². The molecule has 0 saturated carbocycles. The van der Waals surface area contributed by atoms with Crippen molar-refractivity contribution in [2.75, 3.05) is 7.11 Å². The van der Waals surface area contributed by atoms with E-state index >= 15 is 0 Å². The maximum absolute atomic E-state index is 12.6. The van der Waals surface area contributed by atoms with Crippen LogP contribution in [0.2, 0.25) is 5.02 Å². The fourth-order valence-electron chi connectivity index (χ4n) is 2.40. The first-order chi connectivity index (χ1) is 10.1. The van der Waals surface area contributed by atoms with E-state index in [1.54, 1.807) is 31.4 Å². The van der Waals surface area contributed by atoms with Crippen molar-refractivity contribution >= 4 is 28.3 Å². The number of hydrogen-bond donors (Lipinski definition) is 0. The average molecular weight is 300 g/mol. The monoisotopic (exact) mass is 299 g/mol. The first-order valence-corrected chi connectivity index (χ1v) is 6.91. The van der Waals surface area contributed by atoms with Gasteiger partial charge < -0.3 is 9.30 Å². The highest BCUT2D eigenvalue weighted by Gasteiger charge is 2.15. The molecule has 0 radical (unpaired) electrons. The van der Waals surface area contributed by atoms with E-state index in [0.29, 0.717) is 16.3 Å². The molecule has 3 rings (SSSR count). The lowest BCUT2D eigenvalue weighted by Gasteiger charge is -2.05. The largest absolute Gasteiger partial charge is 0.497 e. The molecule has 0 unspecified atom stereocenters. The van der Waals surface area contributed by atoms with Gasteiger partial charge in [-0.15, -0.1) is 0 Å². The molecule has 21 heavy (non-hydrogen) atoms. The molecule has 3 nitrogen and oxygen atoms in total. The summed E-state index contributed by atoms with van der Waals surface area (Å²) in [5, 5.41) is 1.63. The number of ketones is 1. The Morgan fingerprint density at radius 3 is 2.48 bits per heavy atom. The van der Waals surface area contributed by atoms with Gasteiger partial charge in [0.1, 0.15) is 5.75 Å². The molecule has 0 aliphatic heterocycles. The number of carbonyl (C=O) groups is 1. The number of hydrogen-bond acceptors (Lipinski definition) is 2. The number of halogens is 1. The Kier molecular flexibility index (Phi) is 3.43. The maximum atomic E-state index is 12.6. The number of nitrogens with zero attached hydrogens (tertiary/aromatic N) is 1. The zero-order valence-electron chi connectivity index (χ0n) is 11.8. The topological polar surface area (TPSA) is 31.2 Å². The molecule has 1 heterocycles. The van der Waals surface area contributed by atoms with Crippen LogP contribution >= 0.6 is 11.6 Å². The number of aryl methyl sites for hydroxylation is 1. The van der Waals surface area contributed by atoms with Crippen molar-refractivity contribution < 1.29 is 9.53 Å². The summed E-state index contributed by atoms with van der Waals surface area (Å²) in [6.07, 6.45) is 0. The number of rotatable bonds is 3. The van der Waals surface area contributed by atoms with Crippen molar-refractivity contribution in [2.45, 2.75) is 0 Å². The fraction of sp³-hybridized carbons (Fsp3) is 0.118. The van der Waals surface area contributed by atoms with Gasteiger partial charge in [-0.2, -0.15) is 0 Å². The number of ether oxygens (including phenoxy) is 1. The quantitative estimate of drug-likeness (QED) is 0.683. The maximum Gasteiger partial charge on any atom is 0.209 e. The van der Waals surface area contributed by atoms with Gasteiger partial charge in [0.2, 0.25) is 5.78 Å². The van der Waals surface area contributed by atoms with Crippen LogP contribution in [0.4, 0.5) is 0 Å². The van der Waals surface area contributed by atoms with E-state index < -0.39 is 0 Å². The molecule has 0 saturated heterocycles. The van der Waals surface area contributed by atoms with Crippen molar-refractivity contribution in [1.29, 1.82) is 0 Å². The Balaban J connectivity index is 2.09. The van der Waals surface area contributed by atoms with Gasteiger partial charge >= 0.3 is 0 Å². The van der Waals surface area contributed by atoms with Crippen LogP contribution in [0.25, 0.3) is 10.9 Å². The molecule has 0 spiro atoms. The second-order valence-electron chi connectivity index (χ2n) is 4.85. The van der Waals surface area contributed by atoms with Crippen molar-refractivity contribution in [3.8, 4) is 5.75 Å². The highest BCUT2D eigenvalue weighted by atomic mass is 35.5. The molecule has 0 aliphatic carbocycles. The second kappa shape index (κ2) is 5.26. The lowest BCUT2D eigenvalue weighted by Crippen LogP contribution is -2.06. The molecule has 106 valence electrons. The number of carbonyl (C=O) groups excluding carboxylic acids is 1. The molecule has 4 heteroatoms. The first kappa shape index (κ1) is 13.7. The highest BCUT2D eigenvalue weighted by molar-refractivity contribution is 6.30. The van der Waals surface area contributed by atoms with Gasteiger partial charge in [0.05, 0.1) is 18.3 Å². The lowest BCUT2D eigenvalue weighted by atomic mass is 10.1. The Morgan fingerprint density at radius 1 is 1.10 bits per heavy atom. The number of fused-ring (bicyclic) bond motifs is 1. The lowest BCUT2D eigenvalue weighted by molar-refractivity contribution is 0.103. The molecule has 2 aromatic carbocycles. The summed E-state index contributed by atoms with van der Waals surface area (Å²) in [4.78, 5) is 12.6. The minimum Gasteiger partial charge on any atom is -0.497 e. The van der Waals surface area contributed by atoms with Gasteiger partial charge in [0, 0.05) is 29.1 Å². The van der Waals surface area contributed by atoms with Crippen LogP contribution in [-0.2, 0) is 7.05 Å².